The van der Waals surface area contributed by atoms with Gasteiger partial charge in [0.15, 0.2) is 5.82 Å². The monoisotopic (exact) mass is 248 g/mol. The van der Waals surface area contributed by atoms with E-state index in [9.17, 15) is 0 Å². The summed E-state index contributed by atoms with van der Waals surface area (Å²) in [6.45, 7) is 0. The summed E-state index contributed by atoms with van der Waals surface area (Å²) < 4.78 is 1.92. The summed E-state index contributed by atoms with van der Waals surface area (Å²) >= 11 is 1.64. The van der Waals surface area contributed by atoms with Gasteiger partial charge >= 0.3 is 0 Å². The number of hydrogen-bond acceptors (Lipinski definition) is 6. The van der Waals surface area contributed by atoms with Crippen LogP contribution in [0.25, 0.3) is 0 Å². The summed E-state index contributed by atoms with van der Waals surface area (Å²) in [4.78, 5) is 4.98. The molecule has 1 saturated carbocycles. The number of pyridine rings is 1. The van der Waals surface area contributed by atoms with E-state index in [2.05, 4.69) is 20.5 Å². The van der Waals surface area contributed by atoms with Crippen LogP contribution in [0.5, 0.6) is 0 Å². The summed E-state index contributed by atoms with van der Waals surface area (Å²) in [5.74, 6) is 1.64. The molecule has 0 spiro atoms. The molecular formula is C10H12N6S. The van der Waals surface area contributed by atoms with Crippen LogP contribution in [-0.4, -0.2) is 25.2 Å². The van der Waals surface area contributed by atoms with Crippen LogP contribution >= 0.6 is 11.8 Å². The van der Waals surface area contributed by atoms with Crippen molar-refractivity contribution in [2.45, 2.75) is 29.5 Å². The zero-order valence-corrected chi connectivity index (χ0v) is 9.97. The molecule has 17 heavy (non-hydrogen) atoms. The number of thioether (sulfide) groups is 1. The van der Waals surface area contributed by atoms with Crippen molar-refractivity contribution in [3.05, 3.63) is 24.3 Å². The molecule has 1 aliphatic carbocycles. The van der Waals surface area contributed by atoms with Gasteiger partial charge in [0.25, 0.3) is 0 Å². The van der Waals surface area contributed by atoms with E-state index in [0.29, 0.717) is 11.7 Å². The molecule has 6 nitrogen and oxygen atoms in total. The molecule has 7 heteroatoms. The average Bonchev–Trinajstić information content (AvgIpc) is 3.08. The number of nitrogens with two attached hydrogens (primary N) is 1. The van der Waals surface area contributed by atoms with Gasteiger partial charge in [-0.25, -0.2) is 4.68 Å². The highest BCUT2D eigenvalue weighted by atomic mass is 32.2. The molecule has 0 bridgehead atoms. The van der Waals surface area contributed by atoms with Gasteiger partial charge in [0.2, 0.25) is 0 Å². The molecule has 2 aromatic heterocycles. The van der Waals surface area contributed by atoms with Gasteiger partial charge in [0.1, 0.15) is 0 Å². The first kappa shape index (κ1) is 10.5. The molecule has 0 unspecified atom stereocenters. The zero-order chi connectivity index (χ0) is 11.7. The SMILES string of the molecule is Nc1cnccc1SCc1nnnn1C1CC1. The third-order valence-electron chi connectivity index (χ3n) is 2.62. The first-order valence-corrected chi connectivity index (χ1v) is 6.42. The van der Waals surface area contributed by atoms with Crippen molar-refractivity contribution in [1.82, 2.24) is 25.2 Å². The predicted octanol–water partition coefficient (Wildman–Crippen LogP) is 1.28. The van der Waals surface area contributed by atoms with E-state index in [4.69, 9.17) is 5.73 Å². The minimum absolute atomic E-state index is 0.510. The highest BCUT2D eigenvalue weighted by Crippen LogP contribution is 2.35. The van der Waals surface area contributed by atoms with Gasteiger partial charge in [-0.05, 0) is 29.3 Å². The molecule has 1 aliphatic rings. The van der Waals surface area contributed by atoms with Crippen molar-refractivity contribution in [3.8, 4) is 0 Å². The second-order valence-electron chi connectivity index (χ2n) is 3.97. The van der Waals surface area contributed by atoms with E-state index in [1.807, 2.05) is 10.7 Å². The molecule has 0 atom stereocenters. The lowest BCUT2D eigenvalue weighted by atomic mass is 10.4. The van der Waals surface area contributed by atoms with Gasteiger partial charge in [-0.2, -0.15) is 0 Å². The lowest BCUT2D eigenvalue weighted by Gasteiger charge is -2.04. The number of hydrogen-bond donors (Lipinski definition) is 1. The van der Waals surface area contributed by atoms with Crippen molar-refractivity contribution in [3.63, 3.8) is 0 Å². The fourth-order valence-electron chi connectivity index (χ4n) is 1.58. The second kappa shape index (κ2) is 4.33. The summed E-state index contributed by atoms with van der Waals surface area (Å²) in [6, 6.07) is 2.42. The standard InChI is InChI=1S/C10H12N6S/c11-8-5-12-4-3-9(8)17-6-10-13-14-15-16(10)7-1-2-7/h3-5,7H,1-2,6,11H2. The van der Waals surface area contributed by atoms with Crippen LogP contribution in [0.1, 0.15) is 24.7 Å². The number of anilines is 1. The maximum Gasteiger partial charge on any atom is 0.161 e. The molecule has 2 N–H and O–H groups in total. The largest absolute Gasteiger partial charge is 0.397 e. The minimum atomic E-state index is 0.510. The molecule has 2 heterocycles. The summed E-state index contributed by atoms with van der Waals surface area (Å²) in [5, 5.41) is 11.8. The van der Waals surface area contributed by atoms with E-state index in [0.717, 1.165) is 16.5 Å². The Labute approximate surface area is 103 Å². The van der Waals surface area contributed by atoms with Crippen molar-refractivity contribution in [2.75, 3.05) is 5.73 Å². The van der Waals surface area contributed by atoms with Gasteiger partial charge in [0, 0.05) is 11.1 Å². The van der Waals surface area contributed by atoms with Crippen LogP contribution in [0.15, 0.2) is 23.4 Å². The molecular weight excluding hydrogens is 236 g/mol. The Balaban J connectivity index is 1.71. The van der Waals surface area contributed by atoms with Gasteiger partial charge in [-0.1, -0.05) is 0 Å². The maximum absolute atomic E-state index is 5.83. The number of nitrogens with zero attached hydrogens (tertiary/aromatic N) is 5. The Morgan fingerprint density at radius 3 is 3.12 bits per heavy atom. The Bertz CT molecular complexity index is 521. The van der Waals surface area contributed by atoms with E-state index in [1.165, 1.54) is 12.8 Å². The fourth-order valence-corrected chi connectivity index (χ4v) is 2.43. The third kappa shape index (κ3) is 2.23. The predicted molar refractivity (Wildman–Crippen MR) is 64.3 cm³/mol. The third-order valence-corrected chi connectivity index (χ3v) is 3.71. The number of aromatic nitrogens is 5. The number of nitrogen functional groups attached to an aromatic ring is 1. The highest BCUT2D eigenvalue weighted by molar-refractivity contribution is 7.98. The molecule has 0 amide bonds. The van der Waals surface area contributed by atoms with E-state index >= 15 is 0 Å². The van der Waals surface area contributed by atoms with Crippen LogP contribution < -0.4 is 5.73 Å². The van der Waals surface area contributed by atoms with Crippen LogP contribution in [-0.2, 0) is 5.75 Å². The van der Waals surface area contributed by atoms with Crippen molar-refractivity contribution in [1.29, 1.82) is 0 Å². The lowest BCUT2D eigenvalue weighted by Crippen LogP contribution is -2.02. The second-order valence-corrected chi connectivity index (χ2v) is 4.99. The van der Waals surface area contributed by atoms with Crippen molar-refractivity contribution < 1.29 is 0 Å². The lowest BCUT2D eigenvalue weighted by molar-refractivity contribution is 0.593. The van der Waals surface area contributed by atoms with E-state index in [-0.39, 0.29) is 0 Å². The van der Waals surface area contributed by atoms with Crippen LogP contribution in [0.2, 0.25) is 0 Å². The topological polar surface area (TPSA) is 82.5 Å². The smallest absolute Gasteiger partial charge is 0.161 e. The van der Waals surface area contributed by atoms with Crippen LogP contribution in [0, 0.1) is 0 Å². The zero-order valence-electron chi connectivity index (χ0n) is 9.15. The Hall–Kier alpha value is -1.63. The van der Waals surface area contributed by atoms with E-state index < -0.39 is 0 Å². The van der Waals surface area contributed by atoms with E-state index in [1.54, 1.807) is 24.2 Å². The molecule has 0 aromatic carbocycles. The molecule has 1 fully saturated rings. The number of tetrazole rings is 1. The fraction of sp³-hybridized carbons (Fsp3) is 0.400. The van der Waals surface area contributed by atoms with Crippen molar-refractivity contribution in [2.24, 2.45) is 0 Å². The first-order chi connectivity index (χ1) is 8.34. The molecule has 3 rings (SSSR count). The Morgan fingerprint density at radius 2 is 2.35 bits per heavy atom. The quantitative estimate of drug-likeness (QED) is 0.821. The molecule has 0 aliphatic heterocycles. The molecule has 88 valence electrons. The average molecular weight is 248 g/mol. The highest BCUT2D eigenvalue weighted by Gasteiger charge is 2.27. The van der Waals surface area contributed by atoms with Crippen molar-refractivity contribution >= 4 is 17.4 Å². The summed E-state index contributed by atoms with van der Waals surface area (Å²) in [5.41, 5.74) is 6.53. The van der Waals surface area contributed by atoms with Crippen LogP contribution in [0.4, 0.5) is 5.69 Å². The first-order valence-electron chi connectivity index (χ1n) is 5.43. The maximum atomic E-state index is 5.83. The summed E-state index contributed by atoms with van der Waals surface area (Å²) in [6.07, 6.45) is 5.76. The number of rotatable bonds is 4. The Kier molecular flexibility index (Phi) is 2.68. The minimum Gasteiger partial charge on any atom is -0.397 e. The molecule has 0 radical (unpaired) electrons. The van der Waals surface area contributed by atoms with Gasteiger partial charge in [-0.3, -0.25) is 4.98 Å². The van der Waals surface area contributed by atoms with Gasteiger partial charge in [0.05, 0.1) is 23.7 Å². The normalized spacial score (nSPS) is 15.1. The summed E-state index contributed by atoms with van der Waals surface area (Å²) in [7, 11) is 0. The molecule has 0 saturated heterocycles. The van der Waals surface area contributed by atoms with Crippen LogP contribution in [0.3, 0.4) is 0 Å². The van der Waals surface area contributed by atoms with Gasteiger partial charge in [-0.15, -0.1) is 16.9 Å². The Morgan fingerprint density at radius 1 is 1.47 bits per heavy atom. The van der Waals surface area contributed by atoms with Gasteiger partial charge < -0.3 is 5.73 Å². The molecule has 2 aromatic rings.